The molecule has 1 fully saturated rings. The van der Waals surface area contributed by atoms with Crippen molar-refractivity contribution in [2.75, 3.05) is 0 Å². The molecule has 0 aromatic heterocycles. The number of piperidine rings is 1. The Balaban J connectivity index is 2.86. The molecule has 0 aromatic carbocycles. The summed E-state index contributed by atoms with van der Waals surface area (Å²) in [6, 6.07) is 0.304. The van der Waals surface area contributed by atoms with Crippen molar-refractivity contribution in [1.82, 2.24) is 4.90 Å². The van der Waals surface area contributed by atoms with Crippen LogP contribution in [0.1, 0.15) is 33.1 Å². The Morgan fingerprint density at radius 3 is 2.46 bits per heavy atom. The largest absolute Gasteiger partial charge is 0.328 e. The molecule has 0 radical (unpaired) electrons. The molecular formula is C11H18N2. The molecule has 1 N–H and O–H groups in total. The zero-order valence-corrected chi connectivity index (χ0v) is 8.56. The average molecular weight is 178 g/mol. The number of likely N-dealkylation sites (tertiary alicyclic amines) is 1. The zero-order chi connectivity index (χ0) is 10.0. The van der Waals surface area contributed by atoms with E-state index >= 15 is 0 Å². The quantitative estimate of drug-likeness (QED) is 0.647. The van der Waals surface area contributed by atoms with E-state index in [0.717, 1.165) is 30.5 Å². The van der Waals surface area contributed by atoms with E-state index in [1.165, 1.54) is 0 Å². The molecule has 1 atom stereocenters. The first kappa shape index (κ1) is 10.0. The standard InChI is InChI=1S/C11H18N2/c1-8(2)10-6-5-7-11(12)13(10)9(3)4/h10,12H,1,3,5-7H2,2,4H3. The number of hydrogen-bond acceptors (Lipinski definition) is 1. The van der Waals surface area contributed by atoms with Gasteiger partial charge in [-0.1, -0.05) is 18.7 Å². The van der Waals surface area contributed by atoms with Gasteiger partial charge in [-0.25, -0.2) is 0 Å². The van der Waals surface area contributed by atoms with Crippen LogP contribution in [0.15, 0.2) is 24.4 Å². The molecule has 0 spiro atoms. The van der Waals surface area contributed by atoms with E-state index in [4.69, 9.17) is 5.41 Å². The van der Waals surface area contributed by atoms with Gasteiger partial charge in [0.1, 0.15) is 5.84 Å². The van der Waals surface area contributed by atoms with E-state index < -0.39 is 0 Å². The third-order valence-electron chi connectivity index (χ3n) is 2.47. The van der Waals surface area contributed by atoms with E-state index in [2.05, 4.69) is 13.2 Å². The number of nitrogens with one attached hydrogen (secondary N) is 1. The van der Waals surface area contributed by atoms with Gasteiger partial charge in [0.25, 0.3) is 0 Å². The van der Waals surface area contributed by atoms with Gasteiger partial charge in [0.05, 0.1) is 6.04 Å². The summed E-state index contributed by atoms with van der Waals surface area (Å²) in [5, 5.41) is 7.82. The van der Waals surface area contributed by atoms with Crippen LogP contribution in [0.25, 0.3) is 0 Å². The lowest BCUT2D eigenvalue weighted by molar-refractivity contribution is 0.352. The van der Waals surface area contributed by atoms with Gasteiger partial charge in [-0.15, -0.1) is 0 Å². The third kappa shape index (κ3) is 2.00. The van der Waals surface area contributed by atoms with E-state index in [1.807, 2.05) is 18.7 Å². The summed E-state index contributed by atoms with van der Waals surface area (Å²) in [7, 11) is 0. The Morgan fingerprint density at radius 2 is 2.08 bits per heavy atom. The van der Waals surface area contributed by atoms with Crippen molar-refractivity contribution in [2.24, 2.45) is 0 Å². The summed E-state index contributed by atoms with van der Waals surface area (Å²) in [5.41, 5.74) is 2.09. The highest BCUT2D eigenvalue weighted by Crippen LogP contribution is 2.25. The van der Waals surface area contributed by atoms with Crippen LogP contribution in [0, 0.1) is 5.41 Å². The average Bonchev–Trinajstić information content (AvgIpc) is 2.02. The number of hydrogen-bond donors (Lipinski definition) is 1. The van der Waals surface area contributed by atoms with E-state index in [1.54, 1.807) is 0 Å². The van der Waals surface area contributed by atoms with Crippen LogP contribution in [0.5, 0.6) is 0 Å². The molecule has 0 saturated carbocycles. The zero-order valence-electron chi connectivity index (χ0n) is 8.56. The second-order valence-electron chi connectivity index (χ2n) is 3.81. The smallest absolute Gasteiger partial charge is 0.100 e. The van der Waals surface area contributed by atoms with Gasteiger partial charge in [-0.3, -0.25) is 5.41 Å². The first-order valence-electron chi connectivity index (χ1n) is 4.71. The molecule has 0 aliphatic carbocycles. The predicted molar refractivity (Wildman–Crippen MR) is 56.8 cm³/mol. The Bertz CT molecular complexity index is 253. The summed E-state index contributed by atoms with van der Waals surface area (Å²) in [6.07, 6.45) is 3.07. The normalized spacial score (nSPS) is 23.1. The van der Waals surface area contributed by atoms with Gasteiger partial charge in [-0.05, 0) is 26.7 Å². The predicted octanol–water partition coefficient (Wildman–Crippen LogP) is 2.93. The number of amidine groups is 1. The molecule has 1 heterocycles. The summed E-state index contributed by atoms with van der Waals surface area (Å²) in [6.45, 7) is 11.9. The Morgan fingerprint density at radius 1 is 1.46 bits per heavy atom. The van der Waals surface area contributed by atoms with Crippen molar-refractivity contribution >= 4 is 5.84 Å². The molecule has 0 aromatic rings. The highest BCUT2D eigenvalue weighted by Gasteiger charge is 2.26. The molecule has 1 saturated heterocycles. The Labute approximate surface area is 80.4 Å². The van der Waals surface area contributed by atoms with Crippen molar-refractivity contribution < 1.29 is 0 Å². The van der Waals surface area contributed by atoms with E-state index in [0.29, 0.717) is 11.9 Å². The van der Waals surface area contributed by atoms with Gasteiger partial charge < -0.3 is 4.90 Å². The molecular weight excluding hydrogens is 160 g/mol. The number of nitrogens with zero attached hydrogens (tertiary/aromatic N) is 1. The molecule has 1 aliphatic rings. The lowest BCUT2D eigenvalue weighted by Gasteiger charge is -2.38. The summed E-state index contributed by atoms with van der Waals surface area (Å²) < 4.78 is 0. The molecule has 1 aliphatic heterocycles. The molecule has 0 amide bonds. The minimum atomic E-state index is 0.304. The summed E-state index contributed by atoms with van der Waals surface area (Å²) >= 11 is 0. The number of rotatable bonds is 2. The summed E-state index contributed by atoms with van der Waals surface area (Å²) in [4.78, 5) is 2.01. The van der Waals surface area contributed by atoms with Crippen molar-refractivity contribution in [1.29, 1.82) is 5.41 Å². The van der Waals surface area contributed by atoms with Crippen LogP contribution in [0.3, 0.4) is 0 Å². The van der Waals surface area contributed by atoms with Crippen LogP contribution in [-0.4, -0.2) is 16.8 Å². The lowest BCUT2D eigenvalue weighted by atomic mass is 9.96. The fourth-order valence-corrected chi connectivity index (χ4v) is 1.86. The van der Waals surface area contributed by atoms with Crippen molar-refractivity contribution in [2.45, 2.75) is 39.2 Å². The second-order valence-corrected chi connectivity index (χ2v) is 3.81. The van der Waals surface area contributed by atoms with Crippen LogP contribution in [-0.2, 0) is 0 Å². The fraction of sp³-hybridized carbons (Fsp3) is 0.545. The van der Waals surface area contributed by atoms with Crippen molar-refractivity contribution in [3.63, 3.8) is 0 Å². The van der Waals surface area contributed by atoms with Gasteiger partial charge in [0.2, 0.25) is 0 Å². The SMILES string of the molecule is C=C(C)C1CCCC(=N)N1C(=C)C. The van der Waals surface area contributed by atoms with Gasteiger partial charge >= 0.3 is 0 Å². The van der Waals surface area contributed by atoms with Gasteiger partial charge in [0, 0.05) is 12.1 Å². The number of allylic oxidation sites excluding steroid dienone is 1. The van der Waals surface area contributed by atoms with Crippen LogP contribution >= 0.6 is 0 Å². The van der Waals surface area contributed by atoms with Crippen LogP contribution in [0.2, 0.25) is 0 Å². The highest BCUT2D eigenvalue weighted by molar-refractivity contribution is 5.82. The lowest BCUT2D eigenvalue weighted by Crippen LogP contribution is -2.42. The highest BCUT2D eigenvalue weighted by atomic mass is 15.2. The van der Waals surface area contributed by atoms with E-state index in [-0.39, 0.29) is 0 Å². The monoisotopic (exact) mass is 178 g/mol. The third-order valence-corrected chi connectivity index (χ3v) is 2.47. The van der Waals surface area contributed by atoms with Crippen molar-refractivity contribution in [3.05, 3.63) is 24.4 Å². The molecule has 2 heteroatoms. The molecule has 2 nitrogen and oxygen atoms in total. The minimum absolute atomic E-state index is 0.304. The maximum absolute atomic E-state index is 7.82. The van der Waals surface area contributed by atoms with Gasteiger partial charge in [-0.2, -0.15) is 0 Å². The topological polar surface area (TPSA) is 27.1 Å². The molecule has 1 rings (SSSR count). The van der Waals surface area contributed by atoms with Crippen molar-refractivity contribution in [3.8, 4) is 0 Å². The maximum Gasteiger partial charge on any atom is 0.100 e. The van der Waals surface area contributed by atoms with Crippen LogP contribution in [0.4, 0.5) is 0 Å². The molecule has 13 heavy (non-hydrogen) atoms. The summed E-state index contributed by atoms with van der Waals surface area (Å²) in [5.74, 6) is 0.687. The Kier molecular flexibility index (Phi) is 2.91. The van der Waals surface area contributed by atoms with E-state index in [9.17, 15) is 0 Å². The fourth-order valence-electron chi connectivity index (χ4n) is 1.86. The molecule has 0 bridgehead atoms. The minimum Gasteiger partial charge on any atom is -0.328 e. The van der Waals surface area contributed by atoms with Gasteiger partial charge in [0.15, 0.2) is 0 Å². The molecule has 1 unspecified atom stereocenters. The second kappa shape index (κ2) is 3.77. The molecule has 72 valence electrons. The first-order valence-corrected chi connectivity index (χ1v) is 4.71. The van der Waals surface area contributed by atoms with Crippen LogP contribution < -0.4 is 0 Å². The first-order chi connectivity index (χ1) is 6.04. The maximum atomic E-state index is 7.82. The Hall–Kier alpha value is -1.05.